The van der Waals surface area contributed by atoms with Gasteiger partial charge in [0.05, 0.1) is 0 Å². The van der Waals surface area contributed by atoms with Gasteiger partial charge < -0.3 is 10.3 Å². The molecule has 24 heavy (non-hydrogen) atoms. The Labute approximate surface area is 141 Å². The summed E-state index contributed by atoms with van der Waals surface area (Å²) in [5.41, 5.74) is 11.3. The highest BCUT2D eigenvalue weighted by atomic mass is 15.0. The quantitative estimate of drug-likeness (QED) is 0.604. The van der Waals surface area contributed by atoms with Crippen molar-refractivity contribution in [3.05, 3.63) is 78.1 Å². The van der Waals surface area contributed by atoms with Crippen molar-refractivity contribution in [3.63, 3.8) is 0 Å². The second-order valence-electron chi connectivity index (χ2n) is 6.21. The average molecular weight is 315 g/mol. The Morgan fingerprint density at radius 3 is 2.62 bits per heavy atom. The highest BCUT2D eigenvalue weighted by Crippen LogP contribution is 2.30. The first kappa shape index (κ1) is 14.9. The van der Waals surface area contributed by atoms with Crippen LogP contribution >= 0.6 is 0 Å². The number of aromatic nitrogens is 2. The molecule has 0 aliphatic heterocycles. The van der Waals surface area contributed by atoms with Gasteiger partial charge in [0.1, 0.15) is 0 Å². The molecule has 0 spiro atoms. The van der Waals surface area contributed by atoms with Crippen molar-refractivity contribution in [2.75, 3.05) is 0 Å². The summed E-state index contributed by atoms with van der Waals surface area (Å²) in [4.78, 5) is 4.17. The average Bonchev–Trinajstić information content (AvgIpc) is 2.95. The first-order valence-corrected chi connectivity index (χ1v) is 8.43. The highest BCUT2D eigenvalue weighted by molar-refractivity contribution is 6.08. The summed E-state index contributed by atoms with van der Waals surface area (Å²) in [6, 6.07) is 19.3. The maximum absolute atomic E-state index is 6.37. The van der Waals surface area contributed by atoms with Crippen molar-refractivity contribution in [3.8, 4) is 0 Å². The van der Waals surface area contributed by atoms with Crippen molar-refractivity contribution >= 4 is 21.8 Å². The lowest BCUT2D eigenvalue weighted by Crippen LogP contribution is -2.13. The molecule has 1 unspecified atom stereocenters. The summed E-state index contributed by atoms with van der Waals surface area (Å²) in [7, 11) is 0. The zero-order valence-corrected chi connectivity index (χ0v) is 13.8. The van der Waals surface area contributed by atoms with E-state index in [1.54, 1.807) is 6.20 Å². The predicted molar refractivity (Wildman–Crippen MR) is 100.0 cm³/mol. The number of nitrogens with two attached hydrogens (primary N) is 1. The van der Waals surface area contributed by atoms with Crippen LogP contribution in [0, 0.1) is 0 Å². The van der Waals surface area contributed by atoms with Crippen molar-refractivity contribution in [2.24, 2.45) is 5.73 Å². The molecule has 0 radical (unpaired) electrons. The SMILES string of the molecule is CCn1c2ccccc2c2cc(CC(N)c3cccnc3)ccc21. The van der Waals surface area contributed by atoms with Crippen LogP contribution in [0.5, 0.6) is 0 Å². The lowest BCUT2D eigenvalue weighted by atomic mass is 9.99. The molecule has 4 aromatic rings. The van der Waals surface area contributed by atoms with Crippen molar-refractivity contribution < 1.29 is 0 Å². The van der Waals surface area contributed by atoms with Crippen LogP contribution in [-0.2, 0) is 13.0 Å². The standard InChI is InChI=1S/C21H21N3/c1-2-24-20-8-4-3-7-17(20)18-12-15(9-10-21(18)24)13-19(22)16-6-5-11-23-14-16/h3-12,14,19H,2,13,22H2,1H3. The summed E-state index contributed by atoms with van der Waals surface area (Å²) in [5.74, 6) is 0. The fourth-order valence-electron chi connectivity index (χ4n) is 3.54. The van der Waals surface area contributed by atoms with Gasteiger partial charge in [-0.05, 0) is 48.7 Å². The van der Waals surface area contributed by atoms with Gasteiger partial charge in [-0.2, -0.15) is 0 Å². The molecule has 0 aliphatic rings. The fraction of sp³-hybridized carbons (Fsp3) is 0.190. The zero-order valence-electron chi connectivity index (χ0n) is 13.8. The minimum Gasteiger partial charge on any atom is -0.341 e. The molecule has 0 saturated carbocycles. The topological polar surface area (TPSA) is 43.8 Å². The van der Waals surface area contributed by atoms with Crippen LogP contribution in [0.25, 0.3) is 21.8 Å². The molecule has 4 rings (SSSR count). The van der Waals surface area contributed by atoms with E-state index >= 15 is 0 Å². The van der Waals surface area contributed by atoms with Crippen LogP contribution in [0.4, 0.5) is 0 Å². The molecule has 0 aliphatic carbocycles. The third-order valence-electron chi connectivity index (χ3n) is 4.72. The van der Waals surface area contributed by atoms with E-state index in [4.69, 9.17) is 5.73 Å². The van der Waals surface area contributed by atoms with E-state index in [2.05, 4.69) is 58.9 Å². The number of rotatable bonds is 4. The zero-order chi connectivity index (χ0) is 16.5. The first-order valence-electron chi connectivity index (χ1n) is 8.43. The van der Waals surface area contributed by atoms with Crippen LogP contribution in [-0.4, -0.2) is 9.55 Å². The summed E-state index contributed by atoms with van der Waals surface area (Å²) in [6.45, 7) is 3.16. The first-order chi connectivity index (χ1) is 11.8. The predicted octanol–water partition coefficient (Wildman–Crippen LogP) is 4.45. The number of aryl methyl sites for hydroxylation is 1. The van der Waals surface area contributed by atoms with Gasteiger partial charge in [-0.25, -0.2) is 0 Å². The Balaban J connectivity index is 1.77. The maximum Gasteiger partial charge on any atom is 0.0491 e. The number of nitrogens with zero attached hydrogens (tertiary/aromatic N) is 2. The molecule has 0 fully saturated rings. The molecule has 0 amide bonds. The Kier molecular flexibility index (Phi) is 3.79. The summed E-state index contributed by atoms with van der Waals surface area (Å²) in [6.07, 6.45) is 4.45. The maximum atomic E-state index is 6.37. The Morgan fingerprint density at radius 1 is 1.00 bits per heavy atom. The number of hydrogen-bond acceptors (Lipinski definition) is 2. The van der Waals surface area contributed by atoms with E-state index in [1.165, 1.54) is 27.4 Å². The Hall–Kier alpha value is -2.65. The van der Waals surface area contributed by atoms with Crippen molar-refractivity contribution in [1.29, 1.82) is 0 Å². The molecule has 120 valence electrons. The molecule has 2 heterocycles. The minimum absolute atomic E-state index is 0.0318. The summed E-state index contributed by atoms with van der Waals surface area (Å²) >= 11 is 0. The van der Waals surface area contributed by atoms with Crippen molar-refractivity contribution in [2.45, 2.75) is 25.9 Å². The normalized spacial score (nSPS) is 12.8. The molecule has 3 heteroatoms. The van der Waals surface area contributed by atoms with Gasteiger partial charge >= 0.3 is 0 Å². The Bertz CT molecular complexity index is 986. The van der Waals surface area contributed by atoms with Gasteiger partial charge in [0, 0.05) is 46.8 Å². The summed E-state index contributed by atoms with van der Waals surface area (Å²) < 4.78 is 2.37. The van der Waals surface area contributed by atoms with Gasteiger partial charge in [0.25, 0.3) is 0 Å². The van der Waals surface area contributed by atoms with Crippen molar-refractivity contribution in [1.82, 2.24) is 9.55 Å². The van der Waals surface area contributed by atoms with E-state index in [-0.39, 0.29) is 6.04 Å². The monoisotopic (exact) mass is 315 g/mol. The van der Waals surface area contributed by atoms with E-state index < -0.39 is 0 Å². The number of para-hydroxylation sites is 1. The smallest absolute Gasteiger partial charge is 0.0491 e. The third kappa shape index (κ3) is 2.47. The van der Waals surface area contributed by atoms with Crippen LogP contribution in [0.2, 0.25) is 0 Å². The van der Waals surface area contributed by atoms with Crippen LogP contribution < -0.4 is 5.73 Å². The molecule has 2 aromatic carbocycles. The van der Waals surface area contributed by atoms with Gasteiger partial charge in [-0.15, -0.1) is 0 Å². The molecular formula is C21H21N3. The Morgan fingerprint density at radius 2 is 1.83 bits per heavy atom. The van der Waals surface area contributed by atoms with Gasteiger partial charge in [-0.1, -0.05) is 30.3 Å². The van der Waals surface area contributed by atoms with Gasteiger partial charge in [0.15, 0.2) is 0 Å². The minimum atomic E-state index is -0.0318. The summed E-state index contributed by atoms with van der Waals surface area (Å²) in [5, 5.41) is 2.62. The number of fused-ring (bicyclic) bond motifs is 3. The van der Waals surface area contributed by atoms with Gasteiger partial charge in [-0.3, -0.25) is 4.98 Å². The highest BCUT2D eigenvalue weighted by Gasteiger charge is 2.12. The lowest BCUT2D eigenvalue weighted by Gasteiger charge is -2.12. The van der Waals surface area contributed by atoms with Gasteiger partial charge in [0.2, 0.25) is 0 Å². The molecular weight excluding hydrogens is 294 g/mol. The number of pyridine rings is 1. The second kappa shape index (κ2) is 6.10. The third-order valence-corrected chi connectivity index (χ3v) is 4.72. The van der Waals surface area contributed by atoms with E-state index in [0.717, 1.165) is 18.5 Å². The molecule has 0 bridgehead atoms. The number of benzene rings is 2. The molecule has 1 atom stereocenters. The van der Waals surface area contributed by atoms with Crippen LogP contribution in [0.15, 0.2) is 67.0 Å². The van der Waals surface area contributed by atoms with Crippen LogP contribution in [0.1, 0.15) is 24.1 Å². The van der Waals surface area contributed by atoms with Crippen LogP contribution in [0.3, 0.4) is 0 Å². The largest absolute Gasteiger partial charge is 0.341 e. The molecule has 0 saturated heterocycles. The van der Waals surface area contributed by atoms with E-state index in [9.17, 15) is 0 Å². The molecule has 2 aromatic heterocycles. The second-order valence-corrected chi connectivity index (χ2v) is 6.21. The molecule has 3 nitrogen and oxygen atoms in total. The lowest BCUT2D eigenvalue weighted by molar-refractivity contribution is 0.718. The van der Waals surface area contributed by atoms with E-state index in [0.29, 0.717) is 0 Å². The van der Waals surface area contributed by atoms with E-state index in [1.807, 2.05) is 18.3 Å². The number of hydrogen-bond donors (Lipinski definition) is 1. The molecule has 2 N–H and O–H groups in total. The fourth-order valence-corrected chi connectivity index (χ4v) is 3.54.